The Morgan fingerprint density at radius 2 is 1.71 bits per heavy atom. The highest BCUT2D eigenvalue weighted by Crippen LogP contribution is 2.38. The van der Waals surface area contributed by atoms with Crippen molar-refractivity contribution < 1.29 is 9.59 Å². The van der Waals surface area contributed by atoms with Crippen LogP contribution in [0.15, 0.2) is 72.8 Å². The Morgan fingerprint density at radius 1 is 1.00 bits per heavy atom. The molecule has 31 heavy (non-hydrogen) atoms. The molecule has 2 N–H and O–H groups in total. The van der Waals surface area contributed by atoms with Crippen molar-refractivity contribution in [2.75, 3.05) is 24.7 Å². The van der Waals surface area contributed by atoms with Crippen molar-refractivity contribution in [2.24, 2.45) is 0 Å². The Hall–Kier alpha value is -3.57. The second kappa shape index (κ2) is 8.66. The van der Waals surface area contributed by atoms with E-state index in [9.17, 15) is 9.59 Å². The van der Waals surface area contributed by atoms with Crippen LogP contribution in [0.4, 0.5) is 11.4 Å². The minimum Gasteiger partial charge on any atom is -0.354 e. The Kier molecular flexibility index (Phi) is 5.78. The summed E-state index contributed by atoms with van der Waals surface area (Å²) in [4.78, 5) is 26.4. The molecule has 0 unspecified atom stereocenters. The molecule has 1 heterocycles. The first-order valence-corrected chi connectivity index (χ1v) is 10.3. The predicted octanol–water partition coefficient (Wildman–Crippen LogP) is 4.90. The summed E-state index contributed by atoms with van der Waals surface area (Å²) in [7, 11) is 3.49. The van der Waals surface area contributed by atoms with Gasteiger partial charge in [0.1, 0.15) is 0 Å². The van der Waals surface area contributed by atoms with Gasteiger partial charge in [-0.1, -0.05) is 60.1 Å². The van der Waals surface area contributed by atoms with Crippen LogP contribution in [0, 0.1) is 0 Å². The molecule has 0 radical (unpaired) electrons. The molecular formula is C25H22ClN3O2. The topological polar surface area (TPSA) is 61.4 Å². The van der Waals surface area contributed by atoms with Gasteiger partial charge in [0.15, 0.2) is 0 Å². The summed E-state index contributed by atoms with van der Waals surface area (Å²) >= 11 is 6.11. The van der Waals surface area contributed by atoms with Crippen molar-refractivity contribution >= 4 is 46.1 Å². The minimum absolute atomic E-state index is 0.0469. The van der Waals surface area contributed by atoms with Gasteiger partial charge in [0.05, 0.1) is 23.4 Å². The van der Waals surface area contributed by atoms with E-state index in [1.54, 1.807) is 31.1 Å². The highest BCUT2D eigenvalue weighted by atomic mass is 35.5. The van der Waals surface area contributed by atoms with Crippen molar-refractivity contribution in [3.8, 4) is 0 Å². The van der Waals surface area contributed by atoms with E-state index < -0.39 is 0 Å². The maximum Gasteiger partial charge on any atom is 0.258 e. The fourth-order valence-corrected chi connectivity index (χ4v) is 3.63. The first kappa shape index (κ1) is 20.7. The zero-order valence-electron chi connectivity index (χ0n) is 17.3. The molecule has 0 saturated heterocycles. The lowest BCUT2D eigenvalue weighted by Crippen LogP contribution is -2.23. The van der Waals surface area contributed by atoms with E-state index in [2.05, 4.69) is 10.6 Å². The second-order valence-electron chi connectivity index (χ2n) is 7.55. The van der Waals surface area contributed by atoms with Gasteiger partial charge in [0, 0.05) is 30.4 Å². The SMILES string of the molecule is CN(C)C(=O)Cc1ccc(N/C(=C2\C(=O)Nc3cc(Cl)ccc32)c2ccccc2)cc1. The molecule has 0 spiro atoms. The Bertz CT molecular complexity index is 1170. The minimum atomic E-state index is -0.184. The smallest absolute Gasteiger partial charge is 0.258 e. The van der Waals surface area contributed by atoms with Gasteiger partial charge in [-0.3, -0.25) is 9.59 Å². The molecule has 0 fully saturated rings. The number of nitrogens with one attached hydrogen (secondary N) is 2. The van der Waals surface area contributed by atoms with Crippen LogP contribution in [0.25, 0.3) is 11.3 Å². The molecule has 5 nitrogen and oxygen atoms in total. The Balaban J connectivity index is 1.73. The number of nitrogens with zero attached hydrogens (tertiary/aromatic N) is 1. The lowest BCUT2D eigenvalue weighted by Gasteiger charge is -2.15. The van der Waals surface area contributed by atoms with Crippen molar-refractivity contribution in [3.63, 3.8) is 0 Å². The second-order valence-corrected chi connectivity index (χ2v) is 7.98. The molecular weight excluding hydrogens is 410 g/mol. The van der Waals surface area contributed by atoms with E-state index in [0.29, 0.717) is 28.4 Å². The number of likely N-dealkylation sites (N-methyl/N-ethyl adjacent to an activating group) is 1. The van der Waals surface area contributed by atoms with Gasteiger partial charge in [-0.2, -0.15) is 0 Å². The third kappa shape index (κ3) is 4.47. The summed E-state index contributed by atoms with van der Waals surface area (Å²) in [6.07, 6.45) is 0.344. The maximum absolute atomic E-state index is 12.9. The molecule has 0 aliphatic carbocycles. The fraction of sp³-hybridized carbons (Fsp3) is 0.120. The van der Waals surface area contributed by atoms with E-state index >= 15 is 0 Å². The number of benzene rings is 3. The molecule has 0 saturated carbocycles. The third-order valence-corrected chi connectivity index (χ3v) is 5.35. The van der Waals surface area contributed by atoms with Crippen LogP contribution in [0.1, 0.15) is 16.7 Å². The summed E-state index contributed by atoms with van der Waals surface area (Å²) < 4.78 is 0. The zero-order chi connectivity index (χ0) is 22.0. The molecule has 4 rings (SSSR count). The van der Waals surface area contributed by atoms with Gasteiger partial charge in [-0.15, -0.1) is 0 Å². The van der Waals surface area contributed by atoms with E-state index in [-0.39, 0.29) is 11.8 Å². The van der Waals surface area contributed by atoms with Crippen molar-refractivity contribution in [3.05, 3.63) is 94.5 Å². The zero-order valence-corrected chi connectivity index (χ0v) is 18.0. The van der Waals surface area contributed by atoms with E-state index in [1.165, 1.54) is 0 Å². The molecule has 1 aliphatic rings. The number of carbonyl (C=O) groups is 2. The number of anilines is 2. The van der Waals surface area contributed by atoms with E-state index in [1.807, 2.05) is 60.7 Å². The van der Waals surface area contributed by atoms with Gasteiger partial charge >= 0.3 is 0 Å². The fourth-order valence-electron chi connectivity index (χ4n) is 3.46. The average Bonchev–Trinajstić information content (AvgIpc) is 3.08. The number of hydrogen-bond acceptors (Lipinski definition) is 3. The summed E-state index contributed by atoms with van der Waals surface area (Å²) in [6, 6.07) is 22.8. The monoisotopic (exact) mass is 431 g/mol. The first-order chi connectivity index (χ1) is 14.9. The van der Waals surface area contributed by atoms with Gasteiger partial charge < -0.3 is 15.5 Å². The maximum atomic E-state index is 12.9. The molecule has 156 valence electrons. The van der Waals surface area contributed by atoms with Crippen LogP contribution in [-0.2, 0) is 16.0 Å². The number of halogens is 1. The summed E-state index contributed by atoms with van der Waals surface area (Å²) in [5, 5.41) is 6.89. The van der Waals surface area contributed by atoms with Crippen LogP contribution in [0.3, 0.4) is 0 Å². The van der Waals surface area contributed by atoms with E-state index in [4.69, 9.17) is 11.6 Å². The molecule has 2 amide bonds. The van der Waals surface area contributed by atoms with Crippen LogP contribution >= 0.6 is 11.6 Å². The lowest BCUT2D eigenvalue weighted by molar-refractivity contribution is -0.128. The van der Waals surface area contributed by atoms with Crippen LogP contribution in [-0.4, -0.2) is 30.8 Å². The first-order valence-electron chi connectivity index (χ1n) is 9.89. The number of hydrogen-bond donors (Lipinski definition) is 2. The number of fused-ring (bicyclic) bond motifs is 1. The average molecular weight is 432 g/mol. The van der Waals surface area contributed by atoms with Crippen LogP contribution < -0.4 is 10.6 Å². The summed E-state index contributed by atoms with van der Waals surface area (Å²) in [6.45, 7) is 0. The van der Waals surface area contributed by atoms with Gasteiger partial charge in [-0.25, -0.2) is 0 Å². The third-order valence-electron chi connectivity index (χ3n) is 5.12. The lowest BCUT2D eigenvalue weighted by atomic mass is 10.00. The quantitative estimate of drug-likeness (QED) is 0.564. The Labute approximate surface area is 186 Å². The van der Waals surface area contributed by atoms with Crippen LogP contribution in [0.2, 0.25) is 5.02 Å². The largest absolute Gasteiger partial charge is 0.354 e. The van der Waals surface area contributed by atoms with Crippen molar-refractivity contribution in [1.29, 1.82) is 0 Å². The summed E-state index contributed by atoms with van der Waals surface area (Å²) in [5.74, 6) is -0.137. The Morgan fingerprint density at radius 3 is 2.39 bits per heavy atom. The van der Waals surface area contributed by atoms with Crippen molar-refractivity contribution in [2.45, 2.75) is 6.42 Å². The molecule has 0 aromatic heterocycles. The molecule has 0 bridgehead atoms. The molecule has 3 aromatic carbocycles. The predicted molar refractivity (Wildman–Crippen MR) is 126 cm³/mol. The molecule has 0 atom stereocenters. The highest BCUT2D eigenvalue weighted by Gasteiger charge is 2.28. The number of carbonyl (C=O) groups excluding carboxylic acids is 2. The van der Waals surface area contributed by atoms with Gasteiger partial charge in [0.2, 0.25) is 5.91 Å². The molecule has 1 aliphatic heterocycles. The standard InChI is InChI=1S/C25H22ClN3O2/c1-29(2)22(30)14-16-8-11-19(12-9-16)27-24(17-6-4-3-5-7-17)23-20-13-10-18(26)15-21(20)28-25(23)31/h3-13,15,27H,14H2,1-2H3,(H,28,31)/b24-23-. The summed E-state index contributed by atoms with van der Waals surface area (Å²) in [5.41, 5.74) is 5.40. The number of amides is 2. The number of rotatable bonds is 5. The molecule has 3 aromatic rings. The normalized spacial score (nSPS) is 14.0. The van der Waals surface area contributed by atoms with Gasteiger partial charge in [0.25, 0.3) is 5.91 Å². The van der Waals surface area contributed by atoms with Crippen LogP contribution in [0.5, 0.6) is 0 Å². The van der Waals surface area contributed by atoms with E-state index in [0.717, 1.165) is 22.4 Å². The highest BCUT2D eigenvalue weighted by molar-refractivity contribution is 6.38. The van der Waals surface area contributed by atoms with Crippen molar-refractivity contribution in [1.82, 2.24) is 4.90 Å². The van der Waals surface area contributed by atoms with Gasteiger partial charge in [-0.05, 0) is 35.4 Å². The molecule has 6 heteroatoms.